The Hall–Kier alpha value is -2.77. The molecule has 2 rings (SSSR count). The zero-order valence-corrected chi connectivity index (χ0v) is 12.7. The molecule has 0 bridgehead atoms. The number of halogens is 2. The highest BCUT2D eigenvalue weighted by Gasteiger charge is 2.14. The molecule has 0 radical (unpaired) electrons. The molecule has 8 heteroatoms. The maximum Gasteiger partial charge on any atom is 0.251 e. The van der Waals surface area contributed by atoms with Gasteiger partial charge in [0, 0.05) is 38.1 Å². The number of aromatic nitrogens is 2. The highest BCUT2D eigenvalue weighted by atomic mass is 19.1. The Kier molecular flexibility index (Phi) is 5.05. The summed E-state index contributed by atoms with van der Waals surface area (Å²) in [5, 5.41) is 2.34. The van der Waals surface area contributed by atoms with E-state index in [1.807, 2.05) is 0 Å². The summed E-state index contributed by atoms with van der Waals surface area (Å²) in [5.74, 6) is -2.08. The third kappa shape index (κ3) is 4.35. The number of nitrogens with zero attached hydrogens (tertiary/aromatic N) is 3. The van der Waals surface area contributed by atoms with Gasteiger partial charge < -0.3 is 14.8 Å². The van der Waals surface area contributed by atoms with Gasteiger partial charge in [0.2, 0.25) is 5.91 Å². The molecule has 0 spiro atoms. The van der Waals surface area contributed by atoms with Crippen molar-refractivity contribution in [3.05, 3.63) is 53.6 Å². The fraction of sp³-hybridized carbons (Fsp3) is 0.267. The van der Waals surface area contributed by atoms with E-state index in [1.165, 1.54) is 4.90 Å². The van der Waals surface area contributed by atoms with Crippen molar-refractivity contribution in [1.29, 1.82) is 0 Å². The molecule has 6 nitrogen and oxygen atoms in total. The number of aryl methyl sites for hydroxylation is 1. The van der Waals surface area contributed by atoms with Gasteiger partial charge in [-0.15, -0.1) is 0 Å². The molecule has 0 aliphatic carbocycles. The van der Waals surface area contributed by atoms with Crippen LogP contribution in [0, 0.1) is 11.6 Å². The van der Waals surface area contributed by atoms with Crippen LogP contribution in [0.15, 0.2) is 30.6 Å². The Morgan fingerprint density at radius 1 is 1.26 bits per heavy atom. The molecule has 1 heterocycles. The van der Waals surface area contributed by atoms with Crippen molar-refractivity contribution in [2.45, 2.75) is 6.54 Å². The van der Waals surface area contributed by atoms with Gasteiger partial charge in [0.15, 0.2) is 0 Å². The van der Waals surface area contributed by atoms with E-state index in [-0.39, 0.29) is 24.6 Å². The Morgan fingerprint density at radius 3 is 2.48 bits per heavy atom. The molecule has 1 aromatic heterocycles. The molecule has 2 aromatic rings. The molecule has 1 aromatic carbocycles. The van der Waals surface area contributed by atoms with E-state index in [4.69, 9.17) is 0 Å². The molecule has 0 atom stereocenters. The minimum absolute atomic E-state index is 0.179. The lowest BCUT2D eigenvalue weighted by atomic mass is 10.2. The van der Waals surface area contributed by atoms with Crippen LogP contribution in [0.2, 0.25) is 0 Å². The quantitative estimate of drug-likeness (QED) is 0.896. The second-order valence-corrected chi connectivity index (χ2v) is 5.04. The normalized spacial score (nSPS) is 10.4. The van der Waals surface area contributed by atoms with Gasteiger partial charge in [-0.25, -0.2) is 13.8 Å². The van der Waals surface area contributed by atoms with Crippen molar-refractivity contribution in [2.24, 2.45) is 7.05 Å². The molecule has 0 saturated carbocycles. The van der Waals surface area contributed by atoms with Crippen LogP contribution in [0.4, 0.5) is 8.78 Å². The predicted molar refractivity (Wildman–Crippen MR) is 78.4 cm³/mol. The van der Waals surface area contributed by atoms with E-state index in [1.54, 1.807) is 31.1 Å². The summed E-state index contributed by atoms with van der Waals surface area (Å²) in [6.45, 7) is 0.00465. The van der Waals surface area contributed by atoms with Gasteiger partial charge in [0.05, 0.1) is 13.1 Å². The Morgan fingerprint density at radius 2 is 1.91 bits per heavy atom. The molecule has 0 unspecified atom stereocenters. The summed E-state index contributed by atoms with van der Waals surface area (Å²) in [7, 11) is 3.38. The Balaban J connectivity index is 1.90. The van der Waals surface area contributed by atoms with E-state index in [0.717, 1.165) is 12.1 Å². The van der Waals surface area contributed by atoms with Crippen molar-refractivity contribution in [1.82, 2.24) is 19.8 Å². The van der Waals surface area contributed by atoms with Gasteiger partial charge in [-0.3, -0.25) is 9.59 Å². The Bertz CT molecular complexity index is 710. The molecule has 0 fully saturated rings. The number of carbonyl (C=O) groups is 2. The van der Waals surface area contributed by atoms with Crippen molar-refractivity contribution in [3.8, 4) is 0 Å². The zero-order valence-electron chi connectivity index (χ0n) is 12.7. The average molecular weight is 322 g/mol. The summed E-state index contributed by atoms with van der Waals surface area (Å²) in [4.78, 5) is 29.3. The van der Waals surface area contributed by atoms with Crippen LogP contribution >= 0.6 is 0 Å². The average Bonchev–Trinajstić information content (AvgIpc) is 2.88. The fourth-order valence-electron chi connectivity index (χ4n) is 1.93. The molecule has 0 aliphatic heterocycles. The third-order valence-electron chi connectivity index (χ3n) is 3.25. The van der Waals surface area contributed by atoms with Gasteiger partial charge >= 0.3 is 0 Å². The molecule has 23 heavy (non-hydrogen) atoms. The van der Waals surface area contributed by atoms with Gasteiger partial charge in [0.25, 0.3) is 5.91 Å². The lowest BCUT2D eigenvalue weighted by Crippen LogP contribution is -2.38. The lowest BCUT2D eigenvalue weighted by molar-refractivity contribution is -0.129. The van der Waals surface area contributed by atoms with Crippen LogP contribution in [0.5, 0.6) is 0 Å². The number of carbonyl (C=O) groups excluding carboxylic acids is 2. The Labute approximate surface area is 131 Å². The van der Waals surface area contributed by atoms with Gasteiger partial charge in [-0.2, -0.15) is 0 Å². The monoisotopic (exact) mass is 322 g/mol. The number of benzene rings is 1. The highest BCUT2D eigenvalue weighted by molar-refractivity contribution is 5.96. The van der Waals surface area contributed by atoms with E-state index in [9.17, 15) is 18.4 Å². The van der Waals surface area contributed by atoms with Crippen molar-refractivity contribution in [3.63, 3.8) is 0 Å². The topological polar surface area (TPSA) is 67.2 Å². The molecular weight excluding hydrogens is 306 g/mol. The second-order valence-electron chi connectivity index (χ2n) is 5.04. The van der Waals surface area contributed by atoms with Gasteiger partial charge in [-0.05, 0) is 12.1 Å². The zero-order chi connectivity index (χ0) is 17.0. The lowest BCUT2D eigenvalue weighted by Gasteiger charge is -2.17. The number of amides is 2. The maximum atomic E-state index is 13.1. The number of hydrogen-bond acceptors (Lipinski definition) is 3. The first kappa shape index (κ1) is 16.6. The van der Waals surface area contributed by atoms with Crippen LogP contribution in [-0.2, 0) is 18.4 Å². The molecule has 0 aliphatic rings. The fourth-order valence-corrected chi connectivity index (χ4v) is 1.93. The number of imidazole rings is 1. The van der Waals surface area contributed by atoms with E-state index < -0.39 is 17.5 Å². The molecule has 0 saturated heterocycles. The van der Waals surface area contributed by atoms with Gasteiger partial charge in [-0.1, -0.05) is 0 Å². The van der Waals surface area contributed by atoms with Crippen molar-refractivity contribution < 1.29 is 18.4 Å². The smallest absolute Gasteiger partial charge is 0.251 e. The summed E-state index contributed by atoms with van der Waals surface area (Å²) in [6.07, 6.45) is 3.38. The standard InChI is InChI=1S/C15H16F2N4O2/c1-20-4-3-18-13(20)9-21(2)14(22)8-19-15(23)10-5-11(16)7-12(17)6-10/h3-7H,8-9H2,1-2H3,(H,19,23). The number of nitrogens with one attached hydrogen (secondary N) is 1. The summed E-state index contributed by atoms with van der Waals surface area (Å²) in [6, 6.07) is 2.48. The van der Waals surface area contributed by atoms with Gasteiger partial charge in [0.1, 0.15) is 17.5 Å². The molecule has 2 amide bonds. The van der Waals surface area contributed by atoms with Crippen molar-refractivity contribution >= 4 is 11.8 Å². The first-order chi connectivity index (χ1) is 10.9. The molecule has 1 N–H and O–H groups in total. The minimum Gasteiger partial charge on any atom is -0.343 e. The first-order valence-corrected chi connectivity index (χ1v) is 6.81. The van der Waals surface area contributed by atoms with Crippen LogP contribution in [0.25, 0.3) is 0 Å². The van der Waals surface area contributed by atoms with Crippen LogP contribution in [-0.4, -0.2) is 39.9 Å². The largest absolute Gasteiger partial charge is 0.343 e. The molecular formula is C15H16F2N4O2. The highest BCUT2D eigenvalue weighted by Crippen LogP contribution is 2.07. The summed E-state index contributed by atoms with van der Waals surface area (Å²) in [5.41, 5.74) is -0.179. The second kappa shape index (κ2) is 6.99. The predicted octanol–water partition coefficient (Wildman–Crippen LogP) is 1.09. The number of hydrogen-bond donors (Lipinski definition) is 1. The van der Waals surface area contributed by atoms with Crippen LogP contribution in [0.3, 0.4) is 0 Å². The number of likely N-dealkylation sites (N-methyl/N-ethyl adjacent to an activating group) is 1. The van der Waals surface area contributed by atoms with E-state index >= 15 is 0 Å². The minimum atomic E-state index is -0.853. The maximum absolute atomic E-state index is 13.1. The van der Waals surface area contributed by atoms with Crippen molar-refractivity contribution in [2.75, 3.05) is 13.6 Å². The molecule has 122 valence electrons. The van der Waals surface area contributed by atoms with Crippen LogP contribution in [0.1, 0.15) is 16.2 Å². The SMILES string of the molecule is CN(Cc1nccn1C)C(=O)CNC(=O)c1cc(F)cc(F)c1. The summed E-state index contributed by atoms with van der Waals surface area (Å²) >= 11 is 0. The van der Waals surface area contributed by atoms with E-state index in [2.05, 4.69) is 10.3 Å². The van der Waals surface area contributed by atoms with Crippen LogP contribution < -0.4 is 5.32 Å². The summed E-state index contributed by atoms with van der Waals surface area (Å²) < 4.78 is 27.9. The third-order valence-corrected chi connectivity index (χ3v) is 3.25. The number of rotatable bonds is 5. The first-order valence-electron chi connectivity index (χ1n) is 6.81. The van der Waals surface area contributed by atoms with E-state index in [0.29, 0.717) is 11.9 Å².